The number of ether oxygens (including phenoxy) is 1. The topological polar surface area (TPSA) is 46.5 Å². The van der Waals surface area contributed by atoms with E-state index < -0.39 is 5.97 Å². The fraction of sp³-hybridized carbons (Fsp3) is 0.0833. The molecule has 0 aliphatic carbocycles. The van der Waals surface area contributed by atoms with Crippen molar-refractivity contribution in [1.29, 1.82) is 0 Å². The average Bonchev–Trinajstić information content (AvgIpc) is 2.72. The summed E-state index contributed by atoms with van der Waals surface area (Å²) in [5, 5.41) is 9.22. The van der Waals surface area contributed by atoms with E-state index in [0.29, 0.717) is 16.4 Å². The number of thiophene rings is 1. The maximum Gasteiger partial charge on any atom is 0.345 e. The molecule has 0 spiro atoms. The smallest absolute Gasteiger partial charge is 0.345 e. The van der Waals surface area contributed by atoms with Crippen molar-refractivity contribution in [3.63, 3.8) is 0 Å². The zero-order chi connectivity index (χ0) is 12.4. The minimum atomic E-state index is -0.986. The van der Waals surface area contributed by atoms with Crippen LogP contribution in [0.15, 0.2) is 30.3 Å². The third-order valence-corrected chi connectivity index (χ3v) is 3.09. The molecule has 1 aromatic carbocycles. The highest BCUT2D eigenvalue weighted by Gasteiger charge is 2.08. The first-order valence-electron chi connectivity index (χ1n) is 4.83. The molecule has 0 aliphatic heterocycles. The van der Waals surface area contributed by atoms with Crippen molar-refractivity contribution in [2.75, 3.05) is 0 Å². The van der Waals surface area contributed by atoms with Gasteiger partial charge in [0.2, 0.25) is 0 Å². The number of carboxylic acid groups (broad SMARTS) is 1. The van der Waals surface area contributed by atoms with Crippen molar-refractivity contribution in [3.8, 4) is 10.8 Å². The molecule has 0 saturated carbocycles. The Hall–Kier alpha value is -1.88. The van der Waals surface area contributed by atoms with Gasteiger partial charge in [0.05, 0.1) is 0 Å². The fourth-order valence-corrected chi connectivity index (χ4v) is 2.00. The second kappa shape index (κ2) is 4.55. The molecule has 5 heteroatoms. The number of carbonyl (C=O) groups is 1. The second-order valence-electron chi connectivity index (χ2n) is 3.44. The van der Waals surface area contributed by atoms with Crippen LogP contribution >= 0.6 is 11.3 Å². The molecule has 2 aromatic rings. The summed E-state index contributed by atoms with van der Waals surface area (Å²) >= 11 is 1.03. The molecule has 2 rings (SSSR count). The second-order valence-corrected chi connectivity index (χ2v) is 4.48. The van der Waals surface area contributed by atoms with Gasteiger partial charge >= 0.3 is 5.97 Å². The lowest BCUT2D eigenvalue weighted by atomic mass is 10.2. The van der Waals surface area contributed by atoms with E-state index in [2.05, 4.69) is 0 Å². The van der Waals surface area contributed by atoms with Crippen LogP contribution in [0.3, 0.4) is 0 Å². The fourth-order valence-electron chi connectivity index (χ4n) is 1.29. The monoisotopic (exact) mass is 252 g/mol. The molecule has 3 nitrogen and oxygen atoms in total. The number of carboxylic acids is 1. The Labute approximate surface area is 101 Å². The third-order valence-electron chi connectivity index (χ3n) is 2.14. The van der Waals surface area contributed by atoms with Gasteiger partial charge in [-0.2, -0.15) is 0 Å². The van der Waals surface area contributed by atoms with E-state index in [-0.39, 0.29) is 10.7 Å². The average molecular weight is 252 g/mol. The van der Waals surface area contributed by atoms with Crippen molar-refractivity contribution in [3.05, 3.63) is 46.6 Å². The Balaban J connectivity index is 2.19. The number of hydrogen-bond donors (Lipinski definition) is 1. The van der Waals surface area contributed by atoms with Crippen molar-refractivity contribution in [2.45, 2.75) is 6.92 Å². The van der Waals surface area contributed by atoms with E-state index in [1.165, 1.54) is 18.2 Å². The van der Waals surface area contributed by atoms with Gasteiger partial charge in [0.1, 0.15) is 16.4 Å². The SMILES string of the molecule is Cc1cc(Oc2ccc(C(=O)O)s2)ccc1F. The molecule has 0 aliphatic rings. The van der Waals surface area contributed by atoms with Gasteiger partial charge < -0.3 is 9.84 Å². The number of benzene rings is 1. The molecule has 0 amide bonds. The van der Waals surface area contributed by atoms with Crippen LogP contribution in [0.4, 0.5) is 4.39 Å². The number of halogens is 1. The van der Waals surface area contributed by atoms with Gasteiger partial charge in [-0.3, -0.25) is 0 Å². The van der Waals surface area contributed by atoms with E-state index in [1.807, 2.05) is 0 Å². The molecular weight excluding hydrogens is 243 g/mol. The lowest BCUT2D eigenvalue weighted by Gasteiger charge is -2.03. The van der Waals surface area contributed by atoms with Gasteiger partial charge in [0.25, 0.3) is 0 Å². The van der Waals surface area contributed by atoms with Gasteiger partial charge in [-0.1, -0.05) is 11.3 Å². The largest absolute Gasteiger partial charge is 0.477 e. The Morgan fingerprint density at radius 1 is 1.35 bits per heavy atom. The summed E-state index contributed by atoms with van der Waals surface area (Å²) in [5.41, 5.74) is 0.484. The highest BCUT2D eigenvalue weighted by Crippen LogP contribution is 2.30. The van der Waals surface area contributed by atoms with E-state index >= 15 is 0 Å². The summed E-state index contributed by atoms with van der Waals surface area (Å²) in [6, 6.07) is 7.43. The van der Waals surface area contributed by atoms with E-state index in [4.69, 9.17) is 9.84 Å². The van der Waals surface area contributed by atoms with Crippen LogP contribution in [0.1, 0.15) is 15.2 Å². The minimum absolute atomic E-state index is 0.207. The summed E-state index contributed by atoms with van der Waals surface area (Å²) in [6.07, 6.45) is 0. The van der Waals surface area contributed by atoms with E-state index in [0.717, 1.165) is 11.3 Å². The lowest BCUT2D eigenvalue weighted by Crippen LogP contribution is -1.89. The van der Waals surface area contributed by atoms with Crippen molar-refractivity contribution in [1.82, 2.24) is 0 Å². The molecule has 1 N–H and O–H groups in total. The number of aromatic carboxylic acids is 1. The molecule has 0 fully saturated rings. The van der Waals surface area contributed by atoms with E-state index in [9.17, 15) is 9.18 Å². The van der Waals surface area contributed by atoms with Crippen molar-refractivity contribution >= 4 is 17.3 Å². The first-order valence-corrected chi connectivity index (χ1v) is 5.65. The highest BCUT2D eigenvalue weighted by molar-refractivity contribution is 7.15. The van der Waals surface area contributed by atoms with Gasteiger partial charge in [-0.15, -0.1) is 0 Å². The number of hydrogen-bond acceptors (Lipinski definition) is 3. The number of rotatable bonds is 3. The van der Waals surface area contributed by atoms with Crippen LogP contribution in [0.25, 0.3) is 0 Å². The molecule has 0 radical (unpaired) electrons. The molecule has 88 valence electrons. The molecule has 1 aromatic heterocycles. The summed E-state index contributed by atoms with van der Waals surface area (Å²) in [7, 11) is 0. The maximum absolute atomic E-state index is 13.0. The highest BCUT2D eigenvalue weighted by atomic mass is 32.1. The van der Waals surface area contributed by atoms with Crippen LogP contribution < -0.4 is 4.74 Å². The summed E-state index contributed by atoms with van der Waals surface area (Å²) < 4.78 is 18.5. The van der Waals surface area contributed by atoms with Gasteiger partial charge in [-0.25, -0.2) is 9.18 Å². The van der Waals surface area contributed by atoms with Crippen LogP contribution in [0.2, 0.25) is 0 Å². The Kier molecular flexibility index (Phi) is 3.10. The molecule has 1 heterocycles. The standard InChI is InChI=1S/C12H9FO3S/c1-7-6-8(2-3-9(7)13)16-11-5-4-10(17-11)12(14)15/h2-6H,1H3,(H,14,15). The Morgan fingerprint density at radius 3 is 2.71 bits per heavy atom. The third kappa shape index (κ3) is 2.62. The summed E-state index contributed by atoms with van der Waals surface area (Å²) in [5.74, 6) is -0.794. The minimum Gasteiger partial charge on any atom is -0.477 e. The Bertz CT molecular complexity index is 563. The first kappa shape index (κ1) is 11.6. The molecule has 0 bridgehead atoms. The van der Waals surface area contributed by atoms with Crippen LogP contribution in [-0.2, 0) is 0 Å². The molecule has 17 heavy (non-hydrogen) atoms. The molecule has 0 atom stereocenters. The predicted octanol–water partition coefficient (Wildman–Crippen LogP) is 3.69. The van der Waals surface area contributed by atoms with Gasteiger partial charge in [-0.05, 0) is 42.8 Å². The van der Waals surface area contributed by atoms with Crippen LogP contribution in [0.5, 0.6) is 10.8 Å². The van der Waals surface area contributed by atoms with Crippen LogP contribution in [0, 0.1) is 12.7 Å². The summed E-state index contributed by atoms with van der Waals surface area (Å²) in [4.78, 5) is 10.9. The van der Waals surface area contributed by atoms with Crippen molar-refractivity contribution in [2.24, 2.45) is 0 Å². The number of aryl methyl sites for hydroxylation is 1. The van der Waals surface area contributed by atoms with Crippen LogP contribution in [-0.4, -0.2) is 11.1 Å². The zero-order valence-electron chi connectivity index (χ0n) is 8.94. The quantitative estimate of drug-likeness (QED) is 0.906. The van der Waals surface area contributed by atoms with Crippen molar-refractivity contribution < 1.29 is 19.0 Å². The Morgan fingerprint density at radius 2 is 2.12 bits per heavy atom. The molecule has 0 unspecified atom stereocenters. The maximum atomic E-state index is 13.0. The predicted molar refractivity (Wildman–Crippen MR) is 62.5 cm³/mol. The van der Waals surface area contributed by atoms with Gasteiger partial charge in [0, 0.05) is 0 Å². The first-order chi connectivity index (χ1) is 8.06. The normalized spacial score (nSPS) is 10.2. The van der Waals surface area contributed by atoms with Gasteiger partial charge in [0.15, 0.2) is 5.06 Å². The zero-order valence-corrected chi connectivity index (χ0v) is 9.75. The lowest BCUT2D eigenvalue weighted by molar-refractivity contribution is 0.0702. The summed E-state index contributed by atoms with van der Waals surface area (Å²) in [6.45, 7) is 1.64. The van der Waals surface area contributed by atoms with E-state index in [1.54, 1.807) is 19.1 Å². The molecular formula is C12H9FO3S. The molecule has 0 saturated heterocycles.